The number of pyridine rings is 1. The van der Waals surface area contributed by atoms with E-state index in [9.17, 15) is 0 Å². The second kappa shape index (κ2) is 9.00. The molecule has 9 heteroatoms. The molecule has 2 aromatic carbocycles. The van der Waals surface area contributed by atoms with Crippen molar-refractivity contribution in [1.29, 1.82) is 0 Å². The highest BCUT2D eigenvalue weighted by atomic mass is 35.5. The molecule has 0 amide bonds. The van der Waals surface area contributed by atoms with Crippen LogP contribution in [-0.2, 0) is 0 Å². The van der Waals surface area contributed by atoms with Crippen LogP contribution in [0.25, 0.3) is 28.2 Å². The minimum Gasteiger partial charge on any atom is -0.371 e. The Morgan fingerprint density at radius 3 is 2.54 bits per heavy atom. The highest BCUT2D eigenvalue weighted by molar-refractivity contribution is 6.39. The number of hydrogen-bond donors (Lipinski definition) is 0. The summed E-state index contributed by atoms with van der Waals surface area (Å²) in [5.74, 6) is 3.27. The van der Waals surface area contributed by atoms with Crippen LogP contribution in [0.2, 0.25) is 10.0 Å². The molecule has 2 aromatic heterocycles. The third-order valence-electron chi connectivity index (χ3n) is 8.43. The van der Waals surface area contributed by atoms with Crippen LogP contribution in [0, 0.1) is 17.8 Å². The first-order valence-electron chi connectivity index (χ1n) is 13.4. The van der Waals surface area contributed by atoms with E-state index in [0.717, 1.165) is 70.8 Å². The van der Waals surface area contributed by atoms with Crippen LogP contribution in [-0.4, -0.2) is 35.5 Å². The molecule has 2 unspecified atom stereocenters. The van der Waals surface area contributed by atoms with Crippen LogP contribution in [0.15, 0.2) is 74.6 Å². The third-order valence-corrected chi connectivity index (χ3v) is 9.06. The van der Waals surface area contributed by atoms with Crippen LogP contribution in [0.3, 0.4) is 0 Å². The lowest BCUT2D eigenvalue weighted by Crippen LogP contribution is -2.23. The Morgan fingerprint density at radius 1 is 0.974 bits per heavy atom. The summed E-state index contributed by atoms with van der Waals surface area (Å²) in [6.07, 6.45) is 6.84. The number of nitrogens with zero attached hydrogens (tertiary/aromatic N) is 6. The number of rotatable bonds is 6. The van der Waals surface area contributed by atoms with Gasteiger partial charge in [-0.25, -0.2) is 4.98 Å². The van der Waals surface area contributed by atoms with Crippen LogP contribution in [0.1, 0.15) is 35.8 Å². The monoisotopic (exact) mass is 554 g/mol. The van der Waals surface area contributed by atoms with Crippen LogP contribution in [0.4, 0.5) is 5.69 Å². The Bertz CT molecular complexity index is 1690. The topological polar surface area (TPSA) is 79.2 Å². The second-order valence-electron chi connectivity index (χ2n) is 10.9. The predicted octanol–water partition coefficient (Wildman–Crippen LogP) is 7.64. The van der Waals surface area contributed by atoms with Gasteiger partial charge < -0.3 is 9.42 Å². The lowest BCUT2D eigenvalue weighted by molar-refractivity contribution is 0.386. The Hall–Kier alpha value is -3.55. The maximum absolute atomic E-state index is 6.53. The minimum absolute atomic E-state index is 0.441. The van der Waals surface area contributed by atoms with Gasteiger partial charge in [-0.2, -0.15) is 5.11 Å². The van der Waals surface area contributed by atoms with Crippen molar-refractivity contribution in [3.63, 3.8) is 0 Å². The fraction of sp³-hybridized carbons (Fsp3) is 0.300. The van der Waals surface area contributed by atoms with Gasteiger partial charge >= 0.3 is 0 Å². The summed E-state index contributed by atoms with van der Waals surface area (Å²) in [6, 6.07) is 16.2. The zero-order valence-electron chi connectivity index (χ0n) is 21.0. The second-order valence-corrected chi connectivity index (χ2v) is 11.7. The fourth-order valence-electron chi connectivity index (χ4n) is 6.11. The first-order valence-corrected chi connectivity index (χ1v) is 14.1. The van der Waals surface area contributed by atoms with Gasteiger partial charge in [-0.1, -0.05) is 52.6 Å². The van der Waals surface area contributed by atoms with Crippen molar-refractivity contribution < 1.29 is 4.52 Å². The van der Waals surface area contributed by atoms with Gasteiger partial charge in [0.15, 0.2) is 0 Å². The molecule has 0 spiro atoms. The number of fused-ring (bicyclic) bond motifs is 2. The molecule has 39 heavy (non-hydrogen) atoms. The first kappa shape index (κ1) is 23.3. The number of benzene rings is 2. The normalized spacial score (nSPS) is 23.7. The molecular formula is C30H24Cl2N6O. The van der Waals surface area contributed by atoms with Gasteiger partial charge in [0, 0.05) is 41.2 Å². The average molecular weight is 555 g/mol. The van der Waals surface area contributed by atoms with E-state index < -0.39 is 0 Å². The van der Waals surface area contributed by atoms with Gasteiger partial charge in [0.2, 0.25) is 0 Å². The molecule has 4 aromatic rings. The van der Waals surface area contributed by atoms with Crippen molar-refractivity contribution in [2.45, 2.75) is 18.8 Å². The lowest BCUT2D eigenvalue weighted by atomic mass is 10.0. The van der Waals surface area contributed by atoms with Crippen molar-refractivity contribution >= 4 is 51.6 Å². The van der Waals surface area contributed by atoms with Gasteiger partial charge in [-0.15, -0.1) is 5.10 Å². The van der Waals surface area contributed by atoms with Gasteiger partial charge in [0.05, 0.1) is 21.3 Å². The summed E-state index contributed by atoms with van der Waals surface area (Å²) in [5, 5.41) is 18.4. The van der Waals surface area contributed by atoms with E-state index in [2.05, 4.69) is 61.9 Å². The van der Waals surface area contributed by atoms with E-state index in [1.807, 2.05) is 24.3 Å². The minimum atomic E-state index is 0.441. The molecule has 194 valence electrons. The number of aromatic nitrogens is 2. The van der Waals surface area contributed by atoms with Crippen LogP contribution < -0.4 is 4.90 Å². The first-order chi connectivity index (χ1) is 19.1. The third kappa shape index (κ3) is 4.07. The Labute approximate surface area is 235 Å². The maximum atomic E-state index is 6.53. The molecule has 2 atom stereocenters. The molecule has 8 rings (SSSR count). The lowest BCUT2D eigenvalue weighted by Gasteiger charge is -2.22. The number of piperidine rings is 1. The highest BCUT2D eigenvalue weighted by Crippen LogP contribution is 2.54. The summed E-state index contributed by atoms with van der Waals surface area (Å²) in [7, 11) is 0. The molecule has 3 fully saturated rings. The standard InChI is InChI=1S/C30H24Cl2N6O/c31-23-2-1-3-24(32)28(23)29-20(30(39-36-29)16-4-5-16)9-8-19-21-14-38(15-22(19)21)18-7-11-25-17(12-18)6-10-26(34-25)27-13-33-37-35-27/h1-3,6-12,16,19,21-22H,4-5,13-15H2/b9-8+. The molecule has 4 heterocycles. The number of halogens is 2. The van der Waals surface area contributed by atoms with Crippen molar-refractivity contribution in [1.82, 2.24) is 10.1 Å². The zero-order chi connectivity index (χ0) is 26.1. The summed E-state index contributed by atoms with van der Waals surface area (Å²) in [5.41, 5.74) is 6.39. The van der Waals surface area contributed by atoms with E-state index in [-0.39, 0.29) is 0 Å². The molecule has 1 saturated heterocycles. The van der Waals surface area contributed by atoms with Gasteiger partial charge in [-0.3, -0.25) is 0 Å². The molecule has 2 aliphatic heterocycles. The van der Waals surface area contributed by atoms with Gasteiger partial charge in [0.25, 0.3) is 0 Å². The average Bonchev–Trinajstić information content (AvgIpc) is 3.65. The predicted molar refractivity (Wildman–Crippen MR) is 154 cm³/mol. The maximum Gasteiger partial charge on any atom is 0.147 e. The smallest absolute Gasteiger partial charge is 0.147 e. The summed E-state index contributed by atoms with van der Waals surface area (Å²) in [6.45, 7) is 2.61. The molecule has 2 aliphatic carbocycles. The quantitative estimate of drug-likeness (QED) is 0.245. The fourth-order valence-corrected chi connectivity index (χ4v) is 6.69. The number of hydrogen-bond acceptors (Lipinski definition) is 7. The van der Waals surface area contributed by atoms with Crippen molar-refractivity contribution in [2.24, 2.45) is 33.2 Å². The van der Waals surface area contributed by atoms with E-state index in [4.69, 9.17) is 32.7 Å². The van der Waals surface area contributed by atoms with E-state index >= 15 is 0 Å². The molecule has 7 nitrogen and oxygen atoms in total. The van der Waals surface area contributed by atoms with E-state index in [1.54, 1.807) is 0 Å². The SMILES string of the molecule is Clc1cccc(Cl)c1-c1noc(C2CC2)c1/C=C/C1C2CN(c3ccc4nc(C5=NN=NC5)ccc4c3)CC12. The van der Waals surface area contributed by atoms with Crippen molar-refractivity contribution in [3.05, 3.63) is 81.7 Å². The Balaban J connectivity index is 0.995. The molecule has 0 N–H and O–H groups in total. The van der Waals surface area contributed by atoms with E-state index in [0.29, 0.717) is 40.3 Å². The zero-order valence-corrected chi connectivity index (χ0v) is 22.5. The molecule has 2 saturated carbocycles. The highest BCUT2D eigenvalue weighted by Gasteiger charge is 2.54. The molecular weight excluding hydrogens is 531 g/mol. The largest absolute Gasteiger partial charge is 0.371 e. The van der Waals surface area contributed by atoms with Gasteiger partial charge in [-0.05, 0) is 72.2 Å². The van der Waals surface area contributed by atoms with Crippen LogP contribution in [0.5, 0.6) is 0 Å². The molecule has 0 radical (unpaired) electrons. The van der Waals surface area contributed by atoms with E-state index in [1.165, 1.54) is 5.69 Å². The Kier molecular flexibility index (Phi) is 5.39. The summed E-state index contributed by atoms with van der Waals surface area (Å²) >= 11 is 13.1. The molecule has 4 aliphatic rings. The number of allylic oxidation sites excluding steroid dienone is 1. The van der Waals surface area contributed by atoms with Crippen LogP contribution >= 0.6 is 23.2 Å². The molecule has 0 bridgehead atoms. The summed E-state index contributed by atoms with van der Waals surface area (Å²) < 4.78 is 5.83. The number of anilines is 1. The Morgan fingerprint density at radius 2 is 1.79 bits per heavy atom. The summed E-state index contributed by atoms with van der Waals surface area (Å²) in [4.78, 5) is 7.26. The van der Waals surface area contributed by atoms with Crippen molar-refractivity contribution in [3.8, 4) is 11.3 Å². The van der Waals surface area contributed by atoms with Gasteiger partial charge in [0.1, 0.15) is 23.7 Å². The van der Waals surface area contributed by atoms with Crippen molar-refractivity contribution in [2.75, 3.05) is 24.5 Å².